The second-order valence-corrected chi connectivity index (χ2v) is 6.97. The fraction of sp³-hybridized carbons (Fsp3) is 0.611. The average molecular weight is 328 g/mol. The van der Waals surface area contributed by atoms with Crippen molar-refractivity contribution in [2.45, 2.75) is 64.0 Å². The first-order chi connectivity index (χ1) is 11.7. The van der Waals surface area contributed by atoms with Crippen LogP contribution >= 0.6 is 0 Å². The minimum absolute atomic E-state index is 0.0121. The van der Waals surface area contributed by atoms with Crippen LogP contribution in [0.25, 0.3) is 11.2 Å². The number of amides is 1. The summed E-state index contributed by atoms with van der Waals surface area (Å²) in [5.41, 5.74) is 2.81. The fourth-order valence-electron chi connectivity index (χ4n) is 3.51. The number of anilines is 1. The maximum absolute atomic E-state index is 12.4. The van der Waals surface area contributed by atoms with Crippen molar-refractivity contribution in [1.82, 2.24) is 14.5 Å². The molecule has 0 bridgehead atoms. The van der Waals surface area contributed by atoms with Crippen molar-refractivity contribution in [2.75, 3.05) is 11.9 Å². The number of rotatable bonds is 5. The monoisotopic (exact) mass is 328 g/mol. The molecule has 0 spiro atoms. The number of hydrogen-bond acceptors (Lipinski definition) is 4. The Balaban J connectivity index is 1.52. The number of hydrogen-bond donors (Lipinski definition) is 1. The first-order valence-electron chi connectivity index (χ1n) is 8.97. The molecular formula is C18H24N4O2. The van der Waals surface area contributed by atoms with E-state index in [1.54, 1.807) is 0 Å². The minimum atomic E-state index is 0.0121. The number of pyridine rings is 1. The number of carbonyl (C=O) groups excluding carboxylic acids is 1. The average Bonchev–Trinajstić information content (AvgIpc) is 3.12. The van der Waals surface area contributed by atoms with Crippen molar-refractivity contribution in [3.63, 3.8) is 0 Å². The smallest absolute Gasteiger partial charge is 0.226 e. The van der Waals surface area contributed by atoms with Gasteiger partial charge in [-0.25, -0.2) is 9.97 Å². The maximum atomic E-state index is 12.4. The molecule has 1 saturated carbocycles. The van der Waals surface area contributed by atoms with E-state index in [0.29, 0.717) is 18.4 Å². The topological polar surface area (TPSA) is 69.0 Å². The van der Waals surface area contributed by atoms with Gasteiger partial charge in [0, 0.05) is 25.3 Å². The summed E-state index contributed by atoms with van der Waals surface area (Å²) in [6.07, 6.45) is 9.01. The van der Waals surface area contributed by atoms with Crippen molar-refractivity contribution >= 4 is 23.0 Å². The lowest BCUT2D eigenvalue weighted by molar-refractivity contribution is -0.116. The molecule has 1 atom stereocenters. The van der Waals surface area contributed by atoms with E-state index in [2.05, 4.69) is 19.9 Å². The third kappa shape index (κ3) is 3.02. The van der Waals surface area contributed by atoms with Gasteiger partial charge in [-0.2, -0.15) is 0 Å². The van der Waals surface area contributed by atoms with Crippen LogP contribution in [0.4, 0.5) is 5.95 Å². The third-order valence-electron chi connectivity index (χ3n) is 5.08. The zero-order valence-corrected chi connectivity index (χ0v) is 14.1. The molecule has 6 heteroatoms. The van der Waals surface area contributed by atoms with E-state index >= 15 is 0 Å². The zero-order chi connectivity index (χ0) is 16.5. The molecule has 24 heavy (non-hydrogen) atoms. The number of aryl methyl sites for hydroxylation is 1. The molecule has 0 radical (unpaired) electrons. The molecule has 128 valence electrons. The van der Waals surface area contributed by atoms with Crippen LogP contribution in [0.2, 0.25) is 0 Å². The van der Waals surface area contributed by atoms with Gasteiger partial charge in [-0.15, -0.1) is 0 Å². The Morgan fingerprint density at radius 3 is 2.96 bits per heavy atom. The van der Waals surface area contributed by atoms with Gasteiger partial charge in [0.05, 0.1) is 6.10 Å². The lowest BCUT2D eigenvalue weighted by atomic mass is 9.93. The van der Waals surface area contributed by atoms with Gasteiger partial charge >= 0.3 is 0 Å². The third-order valence-corrected chi connectivity index (χ3v) is 5.08. The van der Waals surface area contributed by atoms with Crippen molar-refractivity contribution in [3.8, 4) is 0 Å². The summed E-state index contributed by atoms with van der Waals surface area (Å²) in [4.78, 5) is 21.5. The second-order valence-electron chi connectivity index (χ2n) is 6.97. The van der Waals surface area contributed by atoms with Crippen LogP contribution in [0.5, 0.6) is 0 Å². The number of aromatic nitrogens is 3. The highest BCUT2D eigenvalue weighted by molar-refractivity contribution is 5.91. The Hall–Kier alpha value is -1.95. The number of ether oxygens (including phenoxy) is 1. The summed E-state index contributed by atoms with van der Waals surface area (Å²) in [6, 6.07) is 2.43. The van der Waals surface area contributed by atoms with Crippen LogP contribution in [0, 0.1) is 6.92 Å². The molecule has 1 saturated heterocycles. The van der Waals surface area contributed by atoms with E-state index in [1.807, 2.05) is 19.2 Å². The Bertz CT molecular complexity index is 745. The summed E-state index contributed by atoms with van der Waals surface area (Å²) in [5, 5.41) is 3.01. The van der Waals surface area contributed by atoms with Gasteiger partial charge < -0.3 is 4.74 Å². The standard InChI is InChI=1S/C18H24N4O2/c1-12-10-15-17(19-11-12)22(13-4-2-5-13)18(20-15)21-16(23)8-7-14-6-3-9-24-14/h10-11,13-14H,2-9H2,1H3,(H,20,21,23). The molecule has 1 aliphatic carbocycles. The van der Waals surface area contributed by atoms with Crippen molar-refractivity contribution < 1.29 is 9.53 Å². The predicted octanol–water partition coefficient (Wildman–Crippen LogP) is 3.36. The van der Waals surface area contributed by atoms with E-state index < -0.39 is 0 Å². The molecule has 0 aromatic carbocycles. The molecule has 2 aliphatic rings. The number of nitrogens with one attached hydrogen (secondary N) is 1. The highest BCUT2D eigenvalue weighted by Gasteiger charge is 2.26. The van der Waals surface area contributed by atoms with Gasteiger partial charge in [0.2, 0.25) is 11.9 Å². The summed E-state index contributed by atoms with van der Waals surface area (Å²) in [6.45, 7) is 2.84. The van der Waals surface area contributed by atoms with Gasteiger partial charge in [0.15, 0.2) is 5.65 Å². The Morgan fingerprint density at radius 2 is 2.25 bits per heavy atom. The number of imidazole rings is 1. The summed E-state index contributed by atoms with van der Waals surface area (Å²) in [5.74, 6) is 0.656. The maximum Gasteiger partial charge on any atom is 0.226 e. The lowest BCUT2D eigenvalue weighted by Gasteiger charge is -2.28. The number of nitrogens with zero attached hydrogens (tertiary/aromatic N) is 3. The molecule has 2 aromatic rings. The number of fused-ring (bicyclic) bond motifs is 1. The van der Waals surface area contributed by atoms with Gasteiger partial charge in [-0.1, -0.05) is 0 Å². The van der Waals surface area contributed by atoms with E-state index in [9.17, 15) is 4.79 Å². The first-order valence-corrected chi connectivity index (χ1v) is 8.97. The van der Waals surface area contributed by atoms with Gasteiger partial charge in [0.1, 0.15) is 5.52 Å². The molecule has 4 rings (SSSR count). The van der Waals surface area contributed by atoms with Gasteiger partial charge in [-0.05, 0) is 57.1 Å². The van der Waals surface area contributed by atoms with Crippen molar-refractivity contribution in [2.24, 2.45) is 0 Å². The molecule has 1 amide bonds. The SMILES string of the molecule is Cc1cnc2c(c1)nc(NC(=O)CCC1CCCO1)n2C1CCC1. The highest BCUT2D eigenvalue weighted by Crippen LogP contribution is 2.36. The molecule has 1 N–H and O–H groups in total. The Kier molecular flexibility index (Phi) is 4.22. The molecule has 1 unspecified atom stereocenters. The summed E-state index contributed by atoms with van der Waals surface area (Å²) < 4.78 is 7.71. The molecule has 2 aromatic heterocycles. The summed E-state index contributed by atoms with van der Waals surface area (Å²) >= 11 is 0. The van der Waals surface area contributed by atoms with E-state index in [0.717, 1.165) is 55.4 Å². The Labute approximate surface area is 141 Å². The van der Waals surface area contributed by atoms with Crippen molar-refractivity contribution in [1.29, 1.82) is 0 Å². The second kappa shape index (κ2) is 6.51. The van der Waals surface area contributed by atoms with Gasteiger partial charge in [-0.3, -0.25) is 14.7 Å². The van der Waals surface area contributed by atoms with Crippen LogP contribution in [-0.2, 0) is 9.53 Å². The van der Waals surface area contributed by atoms with E-state index in [-0.39, 0.29) is 12.0 Å². The molecule has 6 nitrogen and oxygen atoms in total. The van der Waals surface area contributed by atoms with Gasteiger partial charge in [0.25, 0.3) is 0 Å². The van der Waals surface area contributed by atoms with Crippen LogP contribution in [0.1, 0.15) is 56.6 Å². The fourth-order valence-corrected chi connectivity index (χ4v) is 3.51. The predicted molar refractivity (Wildman–Crippen MR) is 92.0 cm³/mol. The first kappa shape index (κ1) is 15.6. The van der Waals surface area contributed by atoms with E-state index in [4.69, 9.17) is 4.74 Å². The minimum Gasteiger partial charge on any atom is -0.378 e. The van der Waals surface area contributed by atoms with Crippen LogP contribution in [0.3, 0.4) is 0 Å². The molecule has 2 fully saturated rings. The molecular weight excluding hydrogens is 304 g/mol. The summed E-state index contributed by atoms with van der Waals surface area (Å²) in [7, 11) is 0. The largest absolute Gasteiger partial charge is 0.378 e. The quantitative estimate of drug-likeness (QED) is 0.914. The normalized spacial score (nSPS) is 21.1. The Morgan fingerprint density at radius 1 is 1.38 bits per heavy atom. The highest BCUT2D eigenvalue weighted by atomic mass is 16.5. The van der Waals surface area contributed by atoms with Crippen LogP contribution < -0.4 is 5.32 Å². The molecule has 1 aliphatic heterocycles. The number of carbonyl (C=O) groups is 1. The van der Waals surface area contributed by atoms with Crippen LogP contribution in [-0.4, -0.2) is 33.2 Å². The van der Waals surface area contributed by atoms with Crippen molar-refractivity contribution in [3.05, 3.63) is 17.8 Å². The lowest BCUT2D eigenvalue weighted by Crippen LogP contribution is -2.23. The zero-order valence-electron chi connectivity index (χ0n) is 14.1. The van der Waals surface area contributed by atoms with Crippen LogP contribution in [0.15, 0.2) is 12.3 Å². The van der Waals surface area contributed by atoms with E-state index in [1.165, 1.54) is 6.42 Å². The molecule has 3 heterocycles.